The van der Waals surface area contributed by atoms with Crippen molar-refractivity contribution in [2.24, 2.45) is 14.1 Å². The van der Waals surface area contributed by atoms with Crippen molar-refractivity contribution in [1.29, 1.82) is 0 Å². The van der Waals surface area contributed by atoms with Crippen LogP contribution in [0.25, 0.3) is 50.0 Å². The minimum absolute atomic E-state index is 0.508. The van der Waals surface area contributed by atoms with E-state index in [1.807, 2.05) is 75.0 Å². The molecule has 4 heterocycles. The highest BCUT2D eigenvalue weighted by atomic mass is 35.5. The maximum absolute atomic E-state index is 6.41. The quantitative estimate of drug-likeness (QED) is 0.347. The summed E-state index contributed by atoms with van der Waals surface area (Å²) in [6.07, 6.45) is 4.09. The van der Waals surface area contributed by atoms with Crippen molar-refractivity contribution in [1.82, 2.24) is 23.7 Å². The van der Waals surface area contributed by atoms with E-state index >= 15 is 0 Å². The maximum atomic E-state index is 6.41. The van der Waals surface area contributed by atoms with Crippen LogP contribution in [0.1, 0.15) is 0 Å². The fraction of sp³-hybridized carbons (Fsp3) is 0.0833. The first-order valence-corrected chi connectivity index (χ1v) is 10.8. The molecule has 0 saturated carbocycles. The van der Waals surface area contributed by atoms with Crippen LogP contribution in [0, 0.1) is 0 Å². The molecule has 0 aliphatic heterocycles. The molecule has 6 nitrogen and oxygen atoms in total. The van der Waals surface area contributed by atoms with E-state index in [9.17, 15) is 0 Å². The smallest absolute Gasteiger partial charge is 0.158 e. The average molecular weight is 461 g/mol. The Hall–Kier alpha value is -3.48. The Kier molecular flexibility index (Phi) is 4.06. The molecule has 6 rings (SSSR count). The molecule has 0 fully saturated rings. The van der Waals surface area contributed by atoms with Crippen LogP contribution in [0.15, 0.2) is 60.9 Å². The lowest BCUT2D eigenvalue weighted by Gasteiger charge is -2.03. The van der Waals surface area contributed by atoms with E-state index in [1.165, 1.54) is 0 Å². The van der Waals surface area contributed by atoms with Crippen molar-refractivity contribution in [2.75, 3.05) is 5.73 Å². The molecule has 8 heteroatoms. The van der Waals surface area contributed by atoms with Crippen molar-refractivity contribution in [3.63, 3.8) is 0 Å². The molecular formula is C24H18Cl2N6. The molecule has 0 aliphatic carbocycles. The van der Waals surface area contributed by atoms with Crippen molar-refractivity contribution < 1.29 is 0 Å². The number of fused-ring (bicyclic) bond motifs is 3. The maximum Gasteiger partial charge on any atom is 0.158 e. The first-order chi connectivity index (χ1) is 15.4. The van der Waals surface area contributed by atoms with Gasteiger partial charge in [0.05, 0.1) is 11.4 Å². The monoisotopic (exact) mass is 460 g/mol. The van der Waals surface area contributed by atoms with E-state index in [0.717, 1.165) is 44.3 Å². The molecule has 0 spiro atoms. The van der Waals surface area contributed by atoms with Gasteiger partial charge in [0, 0.05) is 81.6 Å². The fourth-order valence-corrected chi connectivity index (χ4v) is 4.75. The summed E-state index contributed by atoms with van der Waals surface area (Å²) in [7, 11) is 4.01. The minimum atomic E-state index is 0.508. The molecule has 0 unspecified atom stereocenters. The summed E-state index contributed by atoms with van der Waals surface area (Å²) in [5.74, 6) is 0.508. The highest BCUT2D eigenvalue weighted by molar-refractivity contribution is 6.32. The lowest BCUT2D eigenvalue weighted by Crippen LogP contribution is -2.01. The van der Waals surface area contributed by atoms with E-state index in [2.05, 4.69) is 9.13 Å². The molecule has 0 atom stereocenters. The lowest BCUT2D eigenvalue weighted by atomic mass is 10.1. The number of benzene rings is 2. The van der Waals surface area contributed by atoms with Crippen LogP contribution in [0.5, 0.6) is 0 Å². The lowest BCUT2D eigenvalue weighted by molar-refractivity contribution is 0.950. The summed E-state index contributed by atoms with van der Waals surface area (Å²) < 4.78 is 5.79. The molecule has 0 saturated heterocycles. The number of hydrogen-bond donors (Lipinski definition) is 1. The van der Waals surface area contributed by atoms with Gasteiger partial charge in [-0.3, -0.25) is 0 Å². The molecule has 32 heavy (non-hydrogen) atoms. The van der Waals surface area contributed by atoms with Gasteiger partial charge in [0.25, 0.3) is 0 Å². The van der Waals surface area contributed by atoms with Gasteiger partial charge in [-0.05, 0) is 36.4 Å². The van der Waals surface area contributed by atoms with Crippen LogP contribution in [-0.2, 0) is 14.1 Å². The van der Waals surface area contributed by atoms with E-state index in [0.29, 0.717) is 21.5 Å². The molecule has 2 N–H and O–H groups in total. The molecule has 4 aromatic heterocycles. The Balaban J connectivity index is 1.56. The SMILES string of the molecule is Cn1cc(-c2cc(N)n3nc(-c4cn(C)c5ccc(Cl)cc45)cc3n2)c2cc(Cl)ccc21. The summed E-state index contributed by atoms with van der Waals surface area (Å²) in [5, 5.41) is 8.16. The van der Waals surface area contributed by atoms with E-state index in [-0.39, 0.29) is 0 Å². The number of aromatic nitrogens is 5. The molecule has 0 aliphatic rings. The van der Waals surface area contributed by atoms with Gasteiger partial charge in [-0.2, -0.15) is 9.61 Å². The molecule has 0 amide bonds. The van der Waals surface area contributed by atoms with Crippen LogP contribution < -0.4 is 5.73 Å². The van der Waals surface area contributed by atoms with E-state index in [4.69, 9.17) is 39.0 Å². The van der Waals surface area contributed by atoms with Gasteiger partial charge in [-0.15, -0.1) is 0 Å². The van der Waals surface area contributed by atoms with Gasteiger partial charge in [0.2, 0.25) is 0 Å². The molecule has 2 aromatic carbocycles. The number of rotatable bonds is 2. The van der Waals surface area contributed by atoms with Gasteiger partial charge in [-0.25, -0.2) is 4.98 Å². The Morgan fingerprint density at radius 2 is 1.31 bits per heavy atom. The number of nitrogens with two attached hydrogens (primary N) is 1. The third kappa shape index (κ3) is 2.80. The fourth-order valence-electron chi connectivity index (χ4n) is 4.40. The first kappa shape index (κ1) is 19.2. The largest absolute Gasteiger partial charge is 0.384 e. The third-order valence-corrected chi connectivity index (χ3v) is 6.38. The highest BCUT2D eigenvalue weighted by Gasteiger charge is 2.17. The number of aryl methyl sites for hydroxylation is 2. The summed E-state index contributed by atoms with van der Waals surface area (Å²) in [6.45, 7) is 0. The topological polar surface area (TPSA) is 66.1 Å². The molecule has 6 aromatic rings. The van der Waals surface area contributed by atoms with E-state index in [1.54, 1.807) is 4.52 Å². The van der Waals surface area contributed by atoms with Crippen molar-refractivity contribution >= 4 is 56.5 Å². The molecule has 0 bridgehead atoms. The van der Waals surface area contributed by atoms with Gasteiger partial charge in [0.15, 0.2) is 5.65 Å². The van der Waals surface area contributed by atoms with Crippen LogP contribution in [0.3, 0.4) is 0 Å². The molecule has 158 valence electrons. The zero-order valence-corrected chi connectivity index (χ0v) is 18.9. The first-order valence-electron chi connectivity index (χ1n) is 10.1. The number of hydrogen-bond acceptors (Lipinski definition) is 3. The zero-order valence-electron chi connectivity index (χ0n) is 17.3. The average Bonchev–Trinajstić information content (AvgIpc) is 3.42. The van der Waals surface area contributed by atoms with Gasteiger partial charge < -0.3 is 14.9 Å². The summed E-state index contributed by atoms with van der Waals surface area (Å²) >= 11 is 12.5. The van der Waals surface area contributed by atoms with Gasteiger partial charge in [0.1, 0.15) is 5.82 Å². The number of halogens is 2. The Morgan fingerprint density at radius 3 is 1.91 bits per heavy atom. The zero-order chi connectivity index (χ0) is 22.1. The predicted molar refractivity (Wildman–Crippen MR) is 131 cm³/mol. The molecular weight excluding hydrogens is 443 g/mol. The van der Waals surface area contributed by atoms with Crippen LogP contribution in [0.4, 0.5) is 5.82 Å². The van der Waals surface area contributed by atoms with Crippen LogP contribution in [-0.4, -0.2) is 23.7 Å². The van der Waals surface area contributed by atoms with Crippen LogP contribution >= 0.6 is 23.2 Å². The second kappa shape index (κ2) is 6.76. The van der Waals surface area contributed by atoms with Crippen molar-refractivity contribution in [3.05, 3.63) is 71.0 Å². The number of anilines is 1. The Morgan fingerprint density at radius 1 is 0.750 bits per heavy atom. The second-order valence-corrected chi connectivity index (χ2v) is 8.87. The number of nitrogens with zero attached hydrogens (tertiary/aromatic N) is 5. The number of nitrogen functional groups attached to an aromatic ring is 1. The van der Waals surface area contributed by atoms with Gasteiger partial charge in [-0.1, -0.05) is 23.2 Å². The summed E-state index contributed by atoms with van der Waals surface area (Å²) in [6, 6.07) is 15.5. The third-order valence-electron chi connectivity index (χ3n) is 5.91. The molecule has 0 radical (unpaired) electrons. The van der Waals surface area contributed by atoms with Gasteiger partial charge >= 0.3 is 0 Å². The highest BCUT2D eigenvalue weighted by Crippen LogP contribution is 2.35. The van der Waals surface area contributed by atoms with Crippen molar-refractivity contribution in [2.45, 2.75) is 0 Å². The Labute approximate surface area is 193 Å². The van der Waals surface area contributed by atoms with E-state index < -0.39 is 0 Å². The predicted octanol–water partition coefficient (Wildman–Crippen LogP) is 5.94. The summed E-state index contributed by atoms with van der Waals surface area (Å²) in [4.78, 5) is 4.88. The standard InChI is InChI=1S/C24H18Cl2N6/c1-30-11-17(15-7-13(25)3-5-21(15)30)19-9-23(27)32-24(28-19)10-20(29-32)18-12-31(2)22-6-4-14(26)8-16(18)22/h3-12H,27H2,1-2H3. The van der Waals surface area contributed by atoms with Crippen molar-refractivity contribution in [3.8, 4) is 22.5 Å². The normalized spacial score (nSPS) is 11.9. The second-order valence-electron chi connectivity index (χ2n) is 8.00. The Bertz CT molecular complexity index is 1690. The van der Waals surface area contributed by atoms with Crippen LogP contribution in [0.2, 0.25) is 10.0 Å². The minimum Gasteiger partial charge on any atom is -0.384 e. The summed E-state index contributed by atoms with van der Waals surface area (Å²) in [5.41, 5.74) is 12.8.